The monoisotopic (exact) mass is 307 g/mol. The summed E-state index contributed by atoms with van der Waals surface area (Å²) in [5.41, 5.74) is 3.67. The predicted molar refractivity (Wildman–Crippen MR) is 86.7 cm³/mol. The highest BCUT2D eigenvalue weighted by molar-refractivity contribution is 5.25. The van der Waals surface area contributed by atoms with Crippen molar-refractivity contribution in [2.75, 3.05) is 0 Å². The fraction of sp³-hybridized carbons (Fsp3) is 0.500. The molecule has 0 bridgehead atoms. The van der Waals surface area contributed by atoms with Gasteiger partial charge in [0, 0.05) is 23.0 Å². The molecule has 0 aromatic carbocycles. The van der Waals surface area contributed by atoms with Gasteiger partial charge >= 0.3 is 0 Å². The molecule has 0 spiro atoms. The van der Waals surface area contributed by atoms with E-state index in [2.05, 4.69) is 52.8 Å². The molecule has 5 heteroatoms. The van der Waals surface area contributed by atoms with Crippen LogP contribution in [0.15, 0.2) is 24.8 Å². The van der Waals surface area contributed by atoms with E-state index in [0.29, 0.717) is 29.4 Å². The summed E-state index contributed by atoms with van der Waals surface area (Å²) in [5, 5.41) is 8.95. The number of aromatic nitrogens is 4. The molecule has 0 radical (unpaired) electrons. The maximum Gasteiger partial charge on any atom is 0.144 e. The van der Waals surface area contributed by atoms with Crippen molar-refractivity contribution in [3.05, 3.63) is 47.6 Å². The number of rotatable bonds is 5. The molecule has 3 unspecified atom stereocenters. The fourth-order valence-electron chi connectivity index (χ4n) is 3.05. The summed E-state index contributed by atoms with van der Waals surface area (Å²) in [4.78, 5) is 17.1. The first-order valence-corrected chi connectivity index (χ1v) is 8.12. The minimum Gasteiger partial charge on any atom is -0.241 e. The molecule has 1 aliphatic carbocycles. The molecule has 0 aliphatic heterocycles. The lowest BCUT2D eigenvalue weighted by molar-refractivity contribution is 0.589. The van der Waals surface area contributed by atoms with Crippen molar-refractivity contribution in [2.24, 2.45) is 5.92 Å². The highest BCUT2D eigenvalue weighted by atomic mass is 14.9. The molecule has 118 valence electrons. The van der Waals surface area contributed by atoms with E-state index in [0.717, 1.165) is 17.8 Å². The summed E-state index contributed by atoms with van der Waals surface area (Å²) < 4.78 is 0. The van der Waals surface area contributed by atoms with Gasteiger partial charge < -0.3 is 0 Å². The summed E-state index contributed by atoms with van der Waals surface area (Å²) in [5.74, 6) is 1.93. The lowest BCUT2D eigenvalue weighted by Gasteiger charge is -2.11. The van der Waals surface area contributed by atoms with Gasteiger partial charge in [0.1, 0.15) is 24.4 Å². The second-order valence-electron chi connectivity index (χ2n) is 6.70. The second-order valence-corrected chi connectivity index (χ2v) is 6.70. The summed E-state index contributed by atoms with van der Waals surface area (Å²) in [7, 11) is 0. The third-order valence-electron chi connectivity index (χ3n) is 4.57. The average Bonchev–Trinajstić information content (AvgIpc) is 3.34. The minimum atomic E-state index is 0.325. The Morgan fingerprint density at radius 2 is 1.83 bits per heavy atom. The predicted octanol–water partition coefficient (Wildman–Crippen LogP) is 3.56. The van der Waals surface area contributed by atoms with E-state index in [1.165, 1.54) is 18.4 Å². The number of nitriles is 1. The van der Waals surface area contributed by atoms with E-state index in [-0.39, 0.29) is 0 Å². The van der Waals surface area contributed by atoms with Crippen LogP contribution in [-0.4, -0.2) is 19.9 Å². The Labute approximate surface area is 136 Å². The Bertz CT molecular complexity index is 734. The van der Waals surface area contributed by atoms with Gasteiger partial charge in [0.05, 0.1) is 0 Å². The van der Waals surface area contributed by atoms with Crippen LogP contribution >= 0.6 is 0 Å². The Hall–Kier alpha value is -2.35. The van der Waals surface area contributed by atoms with Gasteiger partial charge in [-0.2, -0.15) is 5.26 Å². The molecule has 23 heavy (non-hydrogen) atoms. The maximum absolute atomic E-state index is 8.95. The molecule has 0 N–H and O–H groups in total. The number of hydrogen-bond acceptors (Lipinski definition) is 5. The molecule has 2 heterocycles. The molecular formula is C18H21N5. The van der Waals surface area contributed by atoms with Crippen molar-refractivity contribution in [1.29, 1.82) is 5.26 Å². The molecule has 0 amide bonds. The van der Waals surface area contributed by atoms with Crippen molar-refractivity contribution in [3.63, 3.8) is 0 Å². The average molecular weight is 307 g/mol. The SMILES string of the molecule is CC(C)c1cc(C2CC2CC(C)c2cc(C#N)ncn2)ncn1. The van der Waals surface area contributed by atoms with E-state index < -0.39 is 0 Å². The Balaban J connectivity index is 1.65. The van der Waals surface area contributed by atoms with Gasteiger partial charge in [0.25, 0.3) is 0 Å². The molecule has 2 aromatic heterocycles. The van der Waals surface area contributed by atoms with E-state index in [1.54, 1.807) is 12.4 Å². The first kappa shape index (κ1) is 15.5. The van der Waals surface area contributed by atoms with Gasteiger partial charge in [0.15, 0.2) is 0 Å². The van der Waals surface area contributed by atoms with Crippen LogP contribution in [0.3, 0.4) is 0 Å². The van der Waals surface area contributed by atoms with Gasteiger partial charge in [-0.3, -0.25) is 0 Å². The van der Waals surface area contributed by atoms with Crippen LogP contribution in [0.4, 0.5) is 0 Å². The van der Waals surface area contributed by atoms with Crippen molar-refractivity contribution in [1.82, 2.24) is 19.9 Å². The molecule has 1 aliphatic rings. The standard InChI is InChI=1S/C18H21N5/c1-11(2)16-7-18(23-10-21-16)15-5-13(15)4-12(3)17-6-14(8-19)20-9-22-17/h6-7,9-13,15H,4-5H2,1-3H3. The molecule has 2 aromatic rings. The quantitative estimate of drug-likeness (QED) is 0.844. The highest BCUT2D eigenvalue weighted by Gasteiger charge is 2.40. The summed E-state index contributed by atoms with van der Waals surface area (Å²) in [6.45, 7) is 6.47. The first-order valence-electron chi connectivity index (χ1n) is 8.12. The van der Waals surface area contributed by atoms with Crippen LogP contribution in [-0.2, 0) is 0 Å². The lowest BCUT2D eigenvalue weighted by atomic mass is 9.98. The van der Waals surface area contributed by atoms with E-state index in [4.69, 9.17) is 5.26 Å². The summed E-state index contributed by atoms with van der Waals surface area (Å²) in [6, 6.07) is 6.02. The van der Waals surface area contributed by atoms with Crippen LogP contribution in [0, 0.1) is 17.2 Å². The molecule has 1 saturated carbocycles. The van der Waals surface area contributed by atoms with Gasteiger partial charge in [-0.15, -0.1) is 0 Å². The zero-order valence-corrected chi connectivity index (χ0v) is 13.8. The fourth-order valence-corrected chi connectivity index (χ4v) is 3.05. The van der Waals surface area contributed by atoms with E-state index in [9.17, 15) is 0 Å². The van der Waals surface area contributed by atoms with Crippen LogP contribution in [0.1, 0.15) is 74.1 Å². The Kier molecular flexibility index (Phi) is 4.33. The third kappa shape index (κ3) is 3.53. The van der Waals surface area contributed by atoms with Gasteiger partial charge in [0.2, 0.25) is 0 Å². The second kappa shape index (κ2) is 6.41. The van der Waals surface area contributed by atoms with Crippen molar-refractivity contribution < 1.29 is 0 Å². The zero-order valence-electron chi connectivity index (χ0n) is 13.8. The number of nitrogens with zero attached hydrogens (tertiary/aromatic N) is 5. The summed E-state index contributed by atoms with van der Waals surface area (Å²) in [6.07, 6.45) is 5.41. The van der Waals surface area contributed by atoms with Crippen LogP contribution in [0.2, 0.25) is 0 Å². The van der Waals surface area contributed by atoms with Crippen molar-refractivity contribution >= 4 is 0 Å². The molecule has 3 rings (SSSR count). The smallest absolute Gasteiger partial charge is 0.144 e. The molecule has 0 saturated heterocycles. The van der Waals surface area contributed by atoms with Crippen LogP contribution in [0.5, 0.6) is 0 Å². The van der Waals surface area contributed by atoms with Gasteiger partial charge in [-0.25, -0.2) is 19.9 Å². The maximum atomic E-state index is 8.95. The molecule has 3 atom stereocenters. The minimum absolute atomic E-state index is 0.325. The lowest BCUT2D eigenvalue weighted by Crippen LogP contribution is -2.02. The Morgan fingerprint density at radius 3 is 2.57 bits per heavy atom. The van der Waals surface area contributed by atoms with Crippen LogP contribution < -0.4 is 0 Å². The van der Waals surface area contributed by atoms with Crippen LogP contribution in [0.25, 0.3) is 0 Å². The molecule has 5 nitrogen and oxygen atoms in total. The zero-order chi connectivity index (χ0) is 16.4. The van der Waals surface area contributed by atoms with Crippen molar-refractivity contribution in [3.8, 4) is 6.07 Å². The third-order valence-corrected chi connectivity index (χ3v) is 4.57. The van der Waals surface area contributed by atoms with Gasteiger partial charge in [-0.05, 0) is 42.7 Å². The highest BCUT2D eigenvalue weighted by Crippen LogP contribution is 2.51. The largest absolute Gasteiger partial charge is 0.241 e. The Morgan fingerprint density at radius 1 is 1.09 bits per heavy atom. The van der Waals surface area contributed by atoms with E-state index in [1.807, 2.05) is 0 Å². The van der Waals surface area contributed by atoms with Gasteiger partial charge in [-0.1, -0.05) is 20.8 Å². The first-order chi connectivity index (χ1) is 11.1. The molecule has 1 fully saturated rings. The molecular weight excluding hydrogens is 286 g/mol. The topological polar surface area (TPSA) is 75.3 Å². The normalized spacial score (nSPS) is 21.0. The number of hydrogen-bond donors (Lipinski definition) is 0. The summed E-state index contributed by atoms with van der Waals surface area (Å²) >= 11 is 0. The van der Waals surface area contributed by atoms with E-state index >= 15 is 0 Å². The van der Waals surface area contributed by atoms with Crippen molar-refractivity contribution in [2.45, 2.75) is 51.4 Å².